The molecule has 6 heteroatoms. The van der Waals surface area contributed by atoms with E-state index in [-0.39, 0.29) is 19.5 Å². The second kappa shape index (κ2) is 4.27. The molecule has 1 atom stereocenters. The third kappa shape index (κ3) is 2.58. The Balaban J connectivity index is 1.99. The Bertz CT molecular complexity index is 382. The molecule has 1 aliphatic rings. The average Bonchev–Trinajstić information content (AvgIpc) is 2.62. The molecule has 1 aromatic rings. The lowest BCUT2D eigenvalue weighted by Crippen LogP contribution is -2.47. The van der Waals surface area contributed by atoms with Crippen LogP contribution >= 0.6 is 0 Å². The van der Waals surface area contributed by atoms with Gasteiger partial charge in [-0.1, -0.05) is 6.07 Å². The van der Waals surface area contributed by atoms with Crippen LogP contribution in [0, 0.1) is 0 Å². The van der Waals surface area contributed by atoms with E-state index in [1.807, 2.05) is 0 Å². The predicted molar refractivity (Wildman–Crippen MR) is 55.1 cm³/mol. The number of β-amino-alcohol motifs (C(OH)–C–C–N with tert-alkyl or cyclic N) is 1. The molecule has 1 fully saturated rings. The molecule has 94 valence electrons. The Morgan fingerprint density at radius 2 is 2.24 bits per heavy atom. The zero-order chi connectivity index (χ0) is 12.5. The van der Waals surface area contributed by atoms with Gasteiger partial charge in [-0.15, -0.1) is 0 Å². The molecule has 0 amide bonds. The van der Waals surface area contributed by atoms with Crippen molar-refractivity contribution < 1.29 is 18.3 Å². The van der Waals surface area contributed by atoms with Crippen molar-refractivity contribution in [1.29, 1.82) is 0 Å². The first-order chi connectivity index (χ1) is 7.91. The maximum absolute atomic E-state index is 12.6. The minimum atomic E-state index is -4.56. The van der Waals surface area contributed by atoms with Crippen LogP contribution in [0.2, 0.25) is 0 Å². The number of hydrogen-bond donors (Lipinski definition) is 1. The van der Waals surface area contributed by atoms with Crippen molar-refractivity contribution in [3.63, 3.8) is 0 Å². The normalized spacial score (nSPS) is 26.4. The molecular weight excluding hydrogens is 233 g/mol. The fourth-order valence-electron chi connectivity index (χ4n) is 1.99. The maximum atomic E-state index is 12.6. The minimum absolute atomic E-state index is 0.241. The number of alkyl halides is 3. The molecule has 0 bridgehead atoms. The van der Waals surface area contributed by atoms with Gasteiger partial charge in [-0.25, -0.2) is 0 Å². The molecule has 1 saturated heterocycles. The van der Waals surface area contributed by atoms with Gasteiger partial charge in [0.05, 0.1) is 0 Å². The molecule has 1 aromatic heterocycles. The van der Waals surface area contributed by atoms with Crippen molar-refractivity contribution in [1.82, 2.24) is 9.88 Å². The van der Waals surface area contributed by atoms with Crippen LogP contribution in [-0.2, 0) is 6.54 Å². The van der Waals surface area contributed by atoms with Gasteiger partial charge >= 0.3 is 6.18 Å². The molecular formula is C11H13F3N2O. The van der Waals surface area contributed by atoms with Crippen molar-refractivity contribution in [2.45, 2.75) is 24.7 Å². The predicted octanol–water partition coefficient (Wildman–Crippen LogP) is 1.58. The fourth-order valence-corrected chi connectivity index (χ4v) is 1.99. The van der Waals surface area contributed by atoms with Gasteiger partial charge in [-0.2, -0.15) is 13.2 Å². The number of pyridine rings is 1. The van der Waals surface area contributed by atoms with E-state index in [1.54, 1.807) is 29.4 Å². The van der Waals surface area contributed by atoms with E-state index in [0.717, 1.165) is 5.56 Å². The van der Waals surface area contributed by atoms with Crippen molar-refractivity contribution in [3.8, 4) is 0 Å². The lowest BCUT2D eigenvalue weighted by molar-refractivity contribution is -0.254. The van der Waals surface area contributed by atoms with E-state index < -0.39 is 11.8 Å². The Labute approximate surface area is 96.9 Å². The molecule has 3 nitrogen and oxygen atoms in total. The van der Waals surface area contributed by atoms with E-state index in [9.17, 15) is 18.3 Å². The summed E-state index contributed by atoms with van der Waals surface area (Å²) in [4.78, 5) is 5.49. The van der Waals surface area contributed by atoms with E-state index in [0.29, 0.717) is 6.54 Å². The summed E-state index contributed by atoms with van der Waals surface area (Å²) >= 11 is 0. The van der Waals surface area contributed by atoms with Crippen LogP contribution in [0.25, 0.3) is 0 Å². The summed E-state index contributed by atoms with van der Waals surface area (Å²) in [6, 6.07) is 3.54. The third-order valence-corrected chi connectivity index (χ3v) is 2.98. The number of rotatable bonds is 2. The second-order valence-corrected chi connectivity index (χ2v) is 4.35. The van der Waals surface area contributed by atoms with Crippen LogP contribution < -0.4 is 0 Å². The number of likely N-dealkylation sites (tertiary alicyclic amines) is 1. The molecule has 1 aliphatic heterocycles. The monoisotopic (exact) mass is 246 g/mol. The van der Waals surface area contributed by atoms with Gasteiger partial charge in [-0.3, -0.25) is 9.88 Å². The van der Waals surface area contributed by atoms with Gasteiger partial charge in [0.2, 0.25) is 0 Å². The van der Waals surface area contributed by atoms with Crippen LogP contribution in [0.15, 0.2) is 24.5 Å². The Kier molecular flexibility index (Phi) is 3.09. The summed E-state index contributed by atoms with van der Waals surface area (Å²) in [5.74, 6) is 0. The van der Waals surface area contributed by atoms with E-state index in [4.69, 9.17) is 0 Å². The molecule has 2 rings (SSSR count). The topological polar surface area (TPSA) is 36.4 Å². The molecule has 0 spiro atoms. The van der Waals surface area contributed by atoms with E-state index in [1.165, 1.54) is 0 Å². The van der Waals surface area contributed by atoms with Gasteiger partial charge < -0.3 is 5.11 Å². The van der Waals surface area contributed by atoms with Crippen LogP contribution in [0.3, 0.4) is 0 Å². The molecule has 1 unspecified atom stereocenters. The SMILES string of the molecule is OC1(C(F)(F)F)CCN(Cc2cccnc2)C1. The quantitative estimate of drug-likeness (QED) is 0.860. The highest BCUT2D eigenvalue weighted by Crippen LogP contribution is 2.37. The van der Waals surface area contributed by atoms with Crippen molar-refractivity contribution in [3.05, 3.63) is 30.1 Å². The fraction of sp³-hybridized carbons (Fsp3) is 0.545. The highest BCUT2D eigenvalue weighted by molar-refractivity contribution is 5.09. The van der Waals surface area contributed by atoms with E-state index in [2.05, 4.69) is 4.98 Å². The second-order valence-electron chi connectivity index (χ2n) is 4.35. The zero-order valence-electron chi connectivity index (χ0n) is 9.11. The first-order valence-electron chi connectivity index (χ1n) is 5.31. The molecule has 0 saturated carbocycles. The Morgan fingerprint density at radius 3 is 2.76 bits per heavy atom. The van der Waals surface area contributed by atoms with Crippen LogP contribution in [0.5, 0.6) is 0 Å². The summed E-state index contributed by atoms with van der Waals surface area (Å²) in [6.07, 6.45) is -1.60. The molecule has 0 radical (unpaired) electrons. The van der Waals surface area contributed by atoms with Gasteiger partial charge in [0.25, 0.3) is 0 Å². The number of nitrogens with zero attached hydrogens (tertiary/aromatic N) is 2. The largest absolute Gasteiger partial charge is 0.418 e. The van der Waals surface area contributed by atoms with E-state index >= 15 is 0 Å². The molecule has 0 aliphatic carbocycles. The van der Waals surface area contributed by atoms with Crippen LogP contribution in [-0.4, -0.2) is 39.9 Å². The molecule has 2 heterocycles. The van der Waals surface area contributed by atoms with Gasteiger partial charge in [0.1, 0.15) is 0 Å². The highest BCUT2D eigenvalue weighted by atomic mass is 19.4. The molecule has 0 aromatic carbocycles. The summed E-state index contributed by atoms with van der Waals surface area (Å²) in [5, 5.41) is 9.49. The summed E-state index contributed by atoms with van der Waals surface area (Å²) < 4.78 is 37.7. The highest BCUT2D eigenvalue weighted by Gasteiger charge is 2.56. The first-order valence-corrected chi connectivity index (χ1v) is 5.31. The number of halogens is 3. The van der Waals surface area contributed by atoms with Gasteiger partial charge in [0.15, 0.2) is 5.60 Å². The number of aromatic nitrogens is 1. The lowest BCUT2D eigenvalue weighted by atomic mass is 10.0. The Morgan fingerprint density at radius 1 is 1.47 bits per heavy atom. The smallest absolute Gasteiger partial charge is 0.379 e. The van der Waals surface area contributed by atoms with Crippen LogP contribution in [0.1, 0.15) is 12.0 Å². The maximum Gasteiger partial charge on any atom is 0.418 e. The van der Waals surface area contributed by atoms with Crippen molar-refractivity contribution in [2.75, 3.05) is 13.1 Å². The van der Waals surface area contributed by atoms with Gasteiger partial charge in [0, 0.05) is 32.0 Å². The van der Waals surface area contributed by atoms with Crippen molar-refractivity contribution >= 4 is 0 Å². The van der Waals surface area contributed by atoms with Gasteiger partial charge in [-0.05, 0) is 18.1 Å². The standard InChI is InChI=1S/C11H13F3N2O/c12-11(13,14)10(17)3-5-16(8-10)7-9-2-1-4-15-6-9/h1-2,4,6,17H,3,5,7-8H2. The summed E-state index contributed by atoms with van der Waals surface area (Å²) in [7, 11) is 0. The summed E-state index contributed by atoms with van der Waals surface area (Å²) in [5.41, 5.74) is -1.71. The lowest BCUT2D eigenvalue weighted by Gasteiger charge is -2.26. The van der Waals surface area contributed by atoms with Crippen LogP contribution in [0.4, 0.5) is 13.2 Å². The molecule has 1 N–H and O–H groups in total. The van der Waals surface area contributed by atoms with Crippen molar-refractivity contribution in [2.24, 2.45) is 0 Å². The third-order valence-electron chi connectivity index (χ3n) is 2.98. The number of aliphatic hydroxyl groups is 1. The number of hydrogen-bond acceptors (Lipinski definition) is 3. The zero-order valence-corrected chi connectivity index (χ0v) is 9.11. The molecule has 17 heavy (non-hydrogen) atoms. The minimum Gasteiger partial charge on any atom is -0.379 e. The Hall–Kier alpha value is -1.14. The average molecular weight is 246 g/mol. The first kappa shape index (κ1) is 12.3. The summed E-state index contributed by atoms with van der Waals surface area (Å²) in [6.45, 7) is 0.253.